The molecule has 3 aromatic rings. The SMILES string of the molecule is CC(=O)NC(C)c1ccc(-c2csc(NC(=O)C(Oc3ccccc3C#N)C(C)C)n2)cc1. The Morgan fingerprint density at radius 3 is 2.42 bits per heavy atom. The van der Waals surface area contributed by atoms with Gasteiger partial charge in [-0.05, 0) is 30.5 Å². The maximum atomic E-state index is 12.9. The number of thiazole rings is 1. The van der Waals surface area contributed by atoms with Crippen LogP contribution in [0.15, 0.2) is 53.9 Å². The van der Waals surface area contributed by atoms with Crippen molar-refractivity contribution in [3.63, 3.8) is 0 Å². The first-order valence-corrected chi connectivity index (χ1v) is 11.5. The third-order valence-electron chi connectivity index (χ3n) is 4.99. The second-order valence-electron chi connectivity index (χ2n) is 7.96. The van der Waals surface area contributed by atoms with E-state index in [1.54, 1.807) is 24.3 Å². The van der Waals surface area contributed by atoms with Crippen LogP contribution in [-0.2, 0) is 9.59 Å². The minimum atomic E-state index is -0.776. The maximum Gasteiger partial charge on any atom is 0.267 e. The lowest BCUT2D eigenvalue weighted by Gasteiger charge is -2.21. The van der Waals surface area contributed by atoms with Gasteiger partial charge >= 0.3 is 0 Å². The zero-order chi connectivity index (χ0) is 24.0. The summed E-state index contributed by atoms with van der Waals surface area (Å²) in [5, 5.41) is 17.3. The molecule has 7 nitrogen and oxygen atoms in total. The fraction of sp³-hybridized carbons (Fsp3) is 0.280. The number of amides is 2. The molecule has 0 aliphatic rings. The average molecular weight is 463 g/mol. The topological polar surface area (TPSA) is 104 Å². The molecule has 1 heterocycles. The number of hydrogen-bond acceptors (Lipinski definition) is 6. The lowest BCUT2D eigenvalue weighted by molar-refractivity contribution is -0.124. The van der Waals surface area contributed by atoms with Gasteiger partial charge in [-0.15, -0.1) is 11.3 Å². The molecule has 1 aromatic heterocycles. The Balaban J connectivity index is 1.70. The van der Waals surface area contributed by atoms with Crippen LogP contribution in [0.4, 0.5) is 5.13 Å². The summed E-state index contributed by atoms with van der Waals surface area (Å²) in [6.45, 7) is 7.19. The molecule has 33 heavy (non-hydrogen) atoms. The van der Waals surface area contributed by atoms with E-state index in [4.69, 9.17) is 4.74 Å². The Morgan fingerprint density at radius 1 is 1.09 bits per heavy atom. The number of nitrogens with zero attached hydrogens (tertiary/aromatic N) is 2. The van der Waals surface area contributed by atoms with Crippen molar-refractivity contribution in [2.75, 3.05) is 5.32 Å². The number of hydrogen-bond donors (Lipinski definition) is 2. The number of benzene rings is 2. The molecule has 2 N–H and O–H groups in total. The van der Waals surface area contributed by atoms with Gasteiger partial charge < -0.3 is 10.1 Å². The normalized spacial score (nSPS) is 12.5. The van der Waals surface area contributed by atoms with Crippen molar-refractivity contribution in [2.45, 2.75) is 39.8 Å². The molecule has 2 aromatic carbocycles. The van der Waals surface area contributed by atoms with Gasteiger partial charge in [0.05, 0.1) is 17.3 Å². The van der Waals surface area contributed by atoms with Crippen LogP contribution in [-0.4, -0.2) is 22.9 Å². The monoisotopic (exact) mass is 462 g/mol. The van der Waals surface area contributed by atoms with Gasteiger partial charge in [0.1, 0.15) is 11.8 Å². The van der Waals surface area contributed by atoms with Gasteiger partial charge in [0.2, 0.25) is 5.91 Å². The number of carbonyl (C=O) groups excluding carboxylic acids is 2. The Morgan fingerprint density at radius 2 is 1.79 bits per heavy atom. The van der Waals surface area contributed by atoms with Gasteiger partial charge in [0.25, 0.3) is 5.91 Å². The van der Waals surface area contributed by atoms with Crippen molar-refractivity contribution in [2.24, 2.45) is 5.92 Å². The molecule has 0 saturated heterocycles. The van der Waals surface area contributed by atoms with E-state index in [9.17, 15) is 14.9 Å². The van der Waals surface area contributed by atoms with Crippen molar-refractivity contribution < 1.29 is 14.3 Å². The minimum Gasteiger partial charge on any atom is -0.479 e. The van der Waals surface area contributed by atoms with Gasteiger partial charge in [0, 0.05) is 17.9 Å². The van der Waals surface area contributed by atoms with Gasteiger partial charge in [0.15, 0.2) is 11.2 Å². The third kappa shape index (κ3) is 6.18. The van der Waals surface area contributed by atoms with Crippen molar-refractivity contribution in [1.29, 1.82) is 5.26 Å². The number of aromatic nitrogens is 1. The van der Waals surface area contributed by atoms with E-state index in [-0.39, 0.29) is 23.8 Å². The Bertz CT molecular complexity index is 1160. The first kappa shape index (κ1) is 24.0. The van der Waals surface area contributed by atoms with Crippen molar-refractivity contribution in [3.05, 3.63) is 65.0 Å². The molecule has 0 fully saturated rings. The van der Waals surface area contributed by atoms with Crippen molar-refractivity contribution >= 4 is 28.3 Å². The average Bonchev–Trinajstić information content (AvgIpc) is 3.25. The van der Waals surface area contributed by atoms with E-state index in [2.05, 4.69) is 21.7 Å². The van der Waals surface area contributed by atoms with E-state index >= 15 is 0 Å². The highest BCUT2D eigenvalue weighted by Gasteiger charge is 2.26. The smallest absolute Gasteiger partial charge is 0.267 e. The van der Waals surface area contributed by atoms with Gasteiger partial charge in [-0.2, -0.15) is 5.26 Å². The maximum absolute atomic E-state index is 12.9. The minimum absolute atomic E-state index is 0.0775. The molecule has 3 rings (SSSR count). The zero-order valence-corrected chi connectivity index (χ0v) is 19.8. The summed E-state index contributed by atoms with van der Waals surface area (Å²) in [6, 6.07) is 16.6. The van der Waals surface area contributed by atoms with E-state index in [1.807, 2.05) is 50.4 Å². The molecule has 2 atom stereocenters. The van der Waals surface area contributed by atoms with Crippen LogP contribution >= 0.6 is 11.3 Å². The number of ether oxygens (including phenoxy) is 1. The summed E-state index contributed by atoms with van der Waals surface area (Å²) >= 11 is 1.33. The number of para-hydroxylation sites is 1. The fourth-order valence-electron chi connectivity index (χ4n) is 3.26. The van der Waals surface area contributed by atoms with Crippen LogP contribution in [0.25, 0.3) is 11.3 Å². The summed E-state index contributed by atoms with van der Waals surface area (Å²) in [5.74, 6) is -0.138. The molecule has 0 aliphatic heterocycles. The number of nitrogens with one attached hydrogen (secondary N) is 2. The van der Waals surface area contributed by atoms with E-state index in [1.165, 1.54) is 18.3 Å². The molecule has 170 valence electrons. The Kier molecular flexibility index (Phi) is 7.80. The lowest BCUT2D eigenvalue weighted by atomic mass is 10.0. The number of rotatable bonds is 8. The van der Waals surface area contributed by atoms with E-state index in [0.29, 0.717) is 16.4 Å². The Hall–Kier alpha value is -3.70. The standard InChI is InChI=1S/C25H26N4O3S/c1-15(2)23(32-22-8-6-5-7-20(22)13-26)24(31)29-25-28-21(14-33-25)19-11-9-18(10-12-19)16(3)27-17(4)30/h5-12,14-16,23H,1-4H3,(H,27,30)(H,28,29,31). The van der Waals surface area contributed by atoms with Crippen LogP contribution in [0.1, 0.15) is 44.9 Å². The predicted molar refractivity (Wildman–Crippen MR) is 129 cm³/mol. The molecule has 2 unspecified atom stereocenters. The predicted octanol–water partition coefficient (Wildman–Crippen LogP) is 4.92. The quantitative estimate of drug-likeness (QED) is 0.494. The molecule has 0 spiro atoms. The third-order valence-corrected chi connectivity index (χ3v) is 5.74. The molecule has 2 amide bonds. The van der Waals surface area contributed by atoms with Gasteiger partial charge in [-0.1, -0.05) is 50.2 Å². The van der Waals surface area contributed by atoms with Gasteiger partial charge in [-0.3, -0.25) is 14.9 Å². The molecular weight excluding hydrogens is 436 g/mol. The Labute approximate surface area is 197 Å². The molecule has 0 saturated carbocycles. The van der Waals surface area contributed by atoms with Crippen LogP contribution < -0.4 is 15.4 Å². The summed E-state index contributed by atoms with van der Waals surface area (Å²) in [7, 11) is 0. The van der Waals surface area contributed by atoms with Crippen LogP contribution in [0.2, 0.25) is 0 Å². The zero-order valence-electron chi connectivity index (χ0n) is 19.0. The van der Waals surface area contributed by atoms with E-state index in [0.717, 1.165) is 16.8 Å². The summed E-state index contributed by atoms with van der Waals surface area (Å²) in [5.41, 5.74) is 3.02. The molecular formula is C25H26N4O3S. The first-order valence-electron chi connectivity index (χ1n) is 10.6. The van der Waals surface area contributed by atoms with Crippen LogP contribution in [0.3, 0.4) is 0 Å². The largest absolute Gasteiger partial charge is 0.479 e. The summed E-state index contributed by atoms with van der Waals surface area (Å²) in [4.78, 5) is 28.7. The number of anilines is 1. The molecule has 8 heteroatoms. The van der Waals surface area contributed by atoms with Gasteiger partial charge in [-0.25, -0.2) is 4.98 Å². The molecule has 0 aliphatic carbocycles. The molecule has 0 radical (unpaired) electrons. The second kappa shape index (κ2) is 10.7. The second-order valence-corrected chi connectivity index (χ2v) is 8.82. The highest BCUT2D eigenvalue weighted by molar-refractivity contribution is 7.14. The highest BCUT2D eigenvalue weighted by atomic mass is 32.1. The fourth-order valence-corrected chi connectivity index (χ4v) is 3.98. The summed E-state index contributed by atoms with van der Waals surface area (Å²) < 4.78 is 5.90. The summed E-state index contributed by atoms with van der Waals surface area (Å²) in [6.07, 6.45) is -0.776. The van der Waals surface area contributed by atoms with Crippen LogP contribution in [0.5, 0.6) is 5.75 Å². The highest BCUT2D eigenvalue weighted by Crippen LogP contribution is 2.27. The molecule has 0 bridgehead atoms. The van der Waals surface area contributed by atoms with E-state index < -0.39 is 6.10 Å². The number of nitriles is 1. The first-order chi connectivity index (χ1) is 15.8. The number of carbonyl (C=O) groups is 2. The lowest BCUT2D eigenvalue weighted by Crippen LogP contribution is -2.37. The van der Waals surface area contributed by atoms with Crippen LogP contribution in [0, 0.1) is 17.2 Å². The van der Waals surface area contributed by atoms with Crippen molar-refractivity contribution in [3.8, 4) is 23.1 Å². The van der Waals surface area contributed by atoms with Crippen molar-refractivity contribution in [1.82, 2.24) is 10.3 Å².